The van der Waals surface area contributed by atoms with Crippen LogP contribution in [0.5, 0.6) is 0 Å². The Hall–Kier alpha value is -3.52. The molecule has 0 fully saturated rings. The van der Waals surface area contributed by atoms with Gasteiger partial charge in [0.05, 0.1) is 11.1 Å². The number of pyridine rings is 2. The van der Waals surface area contributed by atoms with Crippen LogP contribution in [0.15, 0.2) is 47.5 Å². The zero-order valence-corrected chi connectivity index (χ0v) is 15.9. The number of carbonyl (C=O) groups is 1. The van der Waals surface area contributed by atoms with Crippen molar-refractivity contribution >= 4 is 22.5 Å². The maximum absolute atomic E-state index is 13.9. The molecule has 0 radical (unpaired) electrons. The molecule has 0 spiro atoms. The molecular formula is C21H19FN4O3. The minimum atomic E-state index is -1.09. The molecule has 0 aliphatic heterocycles. The number of nitrogens with zero attached hydrogens (tertiary/aromatic N) is 3. The largest absolute Gasteiger partial charge is 0.480 e. The van der Waals surface area contributed by atoms with Gasteiger partial charge in [0, 0.05) is 42.5 Å². The number of rotatable bonds is 4. The number of carboxylic acids is 1. The molecule has 3 N–H and O–H groups in total. The van der Waals surface area contributed by atoms with Crippen molar-refractivity contribution in [3.05, 3.63) is 70.2 Å². The third-order valence-corrected chi connectivity index (χ3v) is 5.27. The summed E-state index contributed by atoms with van der Waals surface area (Å²) in [5.74, 6) is -1.47. The van der Waals surface area contributed by atoms with E-state index in [-0.39, 0.29) is 17.8 Å². The number of aromatic nitrogens is 3. The van der Waals surface area contributed by atoms with Gasteiger partial charge in [-0.2, -0.15) is 0 Å². The molecule has 4 rings (SSSR count). The molecular weight excluding hydrogens is 375 g/mol. The van der Waals surface area contributed by atoms with E-state index in [1.165, 1.54) is 16.7 Å². The Balaban J connectivity index is 1.99. The Morgan fingerprint density at radius 2 is 2.07 bits per heavy atom. The number of aryl methyl sites for hydroxylation is 2. The molecule has 8 heteroatoms. The van der Waals surface area contributed by atoms with E-state index in [2.05, 4.69) is 4.98 Å². The average Bonchev–Trinajstić information content (AvgIpc) is 3.18. The van der Waals surface area contributed by atoms with E-state index in [1.807, 2.05) is 0 Å². The number of nitrogens with two attached hydrogens (primary N) is 1. The highest BCUT2D eigenvalue weighted by Crippen LogP contribution is 2.30. The molecule has 0 saturated carbocycles. The smallest absolute Gasteiger partial charge is 0.320 e. The van der Waals surface area contributed by atoms with Gasteiger partial charge in [-0.05, 0) is 42.8 Å². The molecule has 0 aliphatic carbocycles. The summed E-state index contributed by atoms with van der Waals surface area (Å²) in [6.07, 6.45) is 3.39. The van der Waals surface area contributed by atoms with E-state index in [9.17, 15) is 14.0 Å². The van der Waals surface area contributed by atoms with E-state index in [1.54, 1.807) is 49.0 Å². The normalized spacial score (nSPS) is 12.6. The van der Waals surface area contributed by atoms with Gasteiger partial charge in [0.15, 0.2) is 0 Å². The number of hydrogen-bond donors (Lipinski definition) is 2. The number of benzene rings is 1. The number of halogens is 1. The summed E-state index contributed by atoms with van der Waals surface area (Å²) >= 11 is 0. The summed E-state index contributed by atoms with van der Waals surface area (Å²) < 4.78 is 17.1. The van der Waals surface area contributed by atoms with Crippen molar-refractivity contribution in [2.24, 2.45) is 12.8 Å². The lowest BCUT2D eigenvalue weighted by Gasteiger charge is -2.16. The first-order valence-electron chi connectivity index (χ1n) is 9.02. The van der Waals surface area contributed by atoms with Gasteiger partial charge < -0.3 is 19.8 Å². The molecule has 29 heavy (non-hydrogen) atoms. The van der Waals surface area contributed by atoms with Gasteiger partial charge in [-0.15, -0.1) is 0 Å². The third-order valence-electron chi connectivity index (χ3n) is 5.27. The summed E-state index contributed by atoms with van der Waals surface area (Å²) in [6.45, 7) is 1.78. The second-order valence-corrected chi connectivity index (χ2v) is 7.03. The molecule has 148 valence electrons. The second kappa shape index (κ2) is 6.82. The topological polar surface area (TPSA) is 103 Å². The standard InChI is InChI=1S/C21H19FN4O3/c1-11-15-9-12(22)3-6-17(15)25(2)20(27)18(11)14-5-4-13(10-16(23)21(28)29)26-8-7-24-19(14)26/h3-9,16H,10,23H2,1-2H3,(H,28,29). The predicted molar refractivity (Wildman–Crippen MR) is 107 cm³/mol. The molecule has 0 saturated heterocycles. The van der Waals surface area contributed by atoms with Crippen molar-refractivity contribution in [3.8, 4) is 11.1 Å². The number of carboxylic acid groups (broad SMARTS) is 1. The van der Waals surface area contributed by atoms with Gasteiger partial charge in [0.1, 0.15) is 17.5 Å². The van der Waals surface area contributed by atoms with E-state index >= 15 is 0 Å². The minimum Gasteiger partial charge on any atom is -0.480 e. The quantitative estimate of drug-likeness (QED) is 0.553. The lowest BCUT2D eigenvalue weighted by Crippen LogP contribution is -2.32. The van der Waals surface area contributed by atoms with Crippen LogP contribution in [0.25, 0.3) is 27.7 Å². The molecule has 3 aromatic heterocycles. The van der Waals surface area contributed by atoms with Crippen molar-refractivity contribution < 1.29 is 14.3 Å². The maximum atomic E-state index is 13.9. The lowest BCUT2D eigenvalue weighted by atomic mass is 9.98. The molecule has 4 aromatic rings. The first-order valence-corrected chi connectivity index (χ1v) is 9.02. The first kappa shape index (κ1) is 18.8. The van der Waals surface area contributed by atoms with Crippen molar-refractivity contribution in [2.45, 2.75) is 19.4 Å². The lowest BCUT2D eigenvalue weighted by molar-refractivity contribution is -0.138. The fourth-order valence-electron chi connectivity index (χ4n) is 3.73. The summed E-state index contributed by atoms with van der Waals surface area (Å²) in [5, 5.41) is 9.74. The molecule has 0 amide bonds. The van der Waals surface area contributed by atoms with Gasteiger partial charge in [0.25, 0.3) is 5.56 Å². The Labute approximate surface area is 164 Å². The molecule has 0 bridgehead atoms. The van der Waals surface area contributed by atoms with E-state index in [0.717, 1.165) is 0 Å². The molecule has 3 heterocycles. The SMILES string of the molecule is Cc1c(-c2ccc(CC(N)C(=O)O)n3ccnc23)c(=O)n(C)c2ccc(F)cc12. The number of fused-ring (bicyclic) bond motifs is 2. The van der Waals surface area contributed by atoms with Crippen LogP contribution in [0.3, 0.4) is 0 Å². The monoisotopic (exact) mass is 394 g/mol. The molecule has 0 aliphatic rings. The van der Waals surface area contributed by atoms with Crippen LogP contribution in [-0.2, 0) is 18.3 Å². The summed E-state index contributed by atoms with van der Waals surface area (Å²) in [7, 11) is 1.65. The van der Waals surface area contributed by atoms with Crippen LogP contribution in [0.4, 0.5) is 4.39 Å². The Kier molecular flexibility index (Phi) is 4.43. The summed E-state index contributed by atoms with van der Waals surface area (Å²) in [6, 6.07) is 6.75. The molecule has 1 atom stereocenters. The number of imidazole rings is 1. The van der Waals surface area contributed by atoms with E-state index in [0.29, 0.717) is 38.9 Å². The van der Waals surface area contributed by atoms with Gasteiger partial charge in [-0.3, -0.25) is 9.59 Å². The fourth-order valence-corrected chi connectivity index (χ4v) is 3.73. The van der Waals surface area contributed by atoms with Gasteiger partial charge in [0.2, 0.25) is 0 Å². The fraction of sp³-hybridized carbons (Fsp3) is 0.190. The zero-order valence-electron chi connectivity index (χ0n) is 15.9. The summed E-state index contributed by atoms with van der Waals surface area (Å²) in [5.41, 5.74) is 8.94. The van der Waals surface area contributed by atoms with Crippen molar-refractivity contribution in [1.82, 2.24) is 14.0 Å². The number of aliphatic carboxylic acids is 1. The average molecular weight is 394 g/mol. The van der Waals surface area contributed by atoms with E-state index < -0.39 is 12.0 Å². The molecule has 1 unspecified atom stereocenters. The van der Waals surface area contributed by atoms with Crippen molar-refractivity contribution in [3.63, 3.8) is 0 Å². The molecule has 7 nitrogen and oxygen atoms in total. The van der Waals surface area contributed by atoms with Crippen LogP contribution in [0.1, 0.15) is 11.3 Å². The highest BCUT2D eigenvalue weighted by Gasteiger charge is 2.20. The Morgan fingerprint density at radius 1 is 1.31 bits per heavy atom. The van der Waals surface area contributed by atoms with E-state index in [4.69, 9.17) is 10.8 Å². The van der Waals surface area contributed by atoms with Crippen LogP contribution in [0, 0.1) is 12.7 Å². The van der Waals surface area contributed by atoms with Crippen LogP contribution in [-0.4, -0.2) is 31.1 Å². The Morgan fingerprint density at radius 3 is 2.79 bits per heavy atom. The third kappa shape index (κ3) is 2.98. The van der Waals surface area contributed by atoms with Gasteiger partial charge in [-0.25, -0.2) is 9.37 Å². The minimum absolute atomic E-state index is 0.113. The predicted octanol–water partition coefficient (Wildman–Crippen LogP) is 2.26. The van der Waals surface area contributed by atoms with Crippen molar-refractivity contribution in [1.29, 1.82) is 0 Å². The number of hydrogen-bond acceptors (Lipinski definition) is 4. The van der Waals surface area contributed by atoms with Crippen LogP contribution >= 0.6 is 0 Å². The molecule has 1 aromatic carbocycles. The highest BCUT2D eigenvalue weighted by atomic mass is 19.1. The van der Waals surface area contributed by atoms with Crippen LogP contribution < -0.4 is 11.3 Å². The van der Waals surface area contributed by atoms with Crippen molar-refractivity contribution in [2.75, 3.05) is 0 Å². The van der Waals surface area contributed by atoms with Gasteiger partial charge in [-0.1, -0.05) is 0 Å². The van der Waals surface area contributed by atoms with Crippen LogP contribution in [0.2, 0.25) is 0 Å². The maximum Gasteiger partial charge on any atom is 0.320 e. The van der Waals surface area contributed by atoms with Gasteiger partial charge >= 0.3 is 5.97 Å². The highest BCUT2D eigenvalue weighted by molar-refractivity contribution is 5.91. The second-order valence-electron chi connectivity index (χ2n) is 7.03. The summed E-state index contributed by atoms with van der Waals surface area (Å²) in [4.78, 5) is 28.6. The first-order chi connectivity index (χ1) is 13.8. The Bertz CT molecular complexity index is 1340. The zero-order chi connectivity index (χ0) is 20.9.